The number of ether oxygens (including phenoxy) is 2. The minimum Gasteiger partial charge on any atom is -0.378 e. The van der Waals surface area contributed by atoms with Crippen LogP contribution in [0.15, 0.2) is 0 Å². The number of nitrogens with two attached hydrogens (primary N) is 2. The number of hydrogen-bond acceptors (Lipinski definition) is 15. The molecule has 0 aromatic carbocycles. The second kappa shape index (κ2) is 21.3. The van der Waals surface area contributed by atoms with Gasteiger partial charge in [0, 0.05) is 24.2 Å². The van der Waals surface area contributed by atoms with Crippen LogP contribution in [0, 0.1) is 0 Å². The minimum absolute atomic E-state index is 0.000000000000000444. The Bertz CT molecular complexity index is 1090. The van der Waals surface area contributed by atoms with Crippen LogP contribution < -0.4 is 22.1 Å². The fraction of sp³-hybridized carbons (Fsp3) is 0.571. The van der Waals surface area contributed by atoms with Gasteiger partial charge < -0.3 is 31.6 Å². The van der Waals surface area contributed by atoms with Crippen LogP contribution in [0.2, 0.25) is 37.0 Å². The Labute approximate surface area is 283 Å². The van der Waals surface area contributed by atoms with Crippen molar-refractivity contribution in [3.8, 4) is 0 Å². The average Bonchev–Trinajstić information content (AvgIpc) is 2.82. The number of hydrogen-bond donors (Lipinski definition) is 4. The fourth-order valence-corrected chi connectivity index (χ4v) is 3.81. The average molecular weight is 745 g/mol. The second-order valence-electron chi connectivity index (χ2n) is 8.66. The lowest BCUT2D eigenvalue weighted by Gasteiger charge is -2.17. The zero-order valence-corrected chi connectivity index (χ0v) is 28.6. The third-order valence-electron chi connectivity index (χ3n) is 3.96. The summed E-state index contributed by atoms with van der Waals surface area (Å²) < 4.78 is 10.7. The summed E-state index contributed by atoms with van der Waals surface area (Å²) in [7, 11) is 0. The van der Waals surface area contributed by atoms with Crippen LogP contribution >= 0.6 is 81.2 Å². The van der Waals surface area contributed by atoms with Crippen molar-refractivity contribution < 1.29 is 9.47 Å². The molecule has 4 atom stereocenters. The molecule has 15 nitrogen and oxygen atoms in total. The highest BCUT2D eigenvalue weighted by Gasteiger charge is 2.11. The molecule has 0 amide bonds. The highest BCUT2D eigenvalue weighted by Crippen LogP contribution is 2.12. The van der Waals surface area contributed by atoms with E-state index < -0.39 is 0 Å². The number of nitrogens with zero attached hydrogens (tertiary/aromatic N) is 9. The lowest BCUT2D eigenvalue weighted by molar-refractivity contribution is 0.115. The molecule has 0 bridgehead atoms. The molecule has 0 fully saturated rings. The fourth-order valence-electron chi connectivity index (χ4n) is 2.47. The predicted octanol–water partition coefficient (Wildman–Crippen LogP) is 4.52. The van der Waals surface area contributed by atoms with Gasteiger partial charge in [0.25, 0.3) is 0 Å². The molecule has 0 aliphatic carbocycles. The molecule has 3 rings (SSSR count). The molecule has 0 saturated heterocycles. The Hall–Kier alpha value is -1.50. The normalized spacial score (nSPS) is 13.4. The summed E-state index contributed by atoms with van der Waals surface area (Å²) in [6.07, 6.45) is 0. The molecule has 3 aromatic rings. The third kappa shape index (κ3) is 20.2. The van der Waals surface area contributed by atoms with Crippen molar-refractivity contribution in [3.63, 3.8) is 0 Å². The van der Waals surface area contributed by atoms with Gasteiger partial charge in [0.05, 0.1) is 26.4 Å². The zero-order valence-electron chi connectivity index (χ0n) is 23.3. The van der Waals surface area contributed by atoms with E-state index in [0.717, 1.165) is 0 Å². The molecule has 3 heterocycles. The molecule has 22 heteroatoms. The highest BCUT2D eigenvalue weighted by atomic mass is 35.5. The topological polar surface area (TPSA) is 211 Å². The smallest absolute Gasteiger partial charge is 0.228 e. The van der Waals surface area contributed by atoms with Crippen LogP contribution in [0.1, 0.15) is 27.7 Å². The van der Waals surface area contributed by atoms with E-state index in [1.165, 1.54) is 0 Å². The minimum atomic E-state index is -0.0807. The summed E-state index contributed by atoms with van der Waals surface area (Å²) in [5.74, 6) is 0.559. The first kappa shape index (κ1) is 39.5. The lowest BCUT2D eigenvalue weighted by Crippen LogP contribution is -2.28. The van der Waals surface area contributed by atoms with Crippen molar-refractivity contribution in [2.75, 3.05) is 37.1 Å². The van der Waals surface area contributed by atoms with E-state index in [9.17, 15) is 0 Å². The van der Waals surface area contributed by atoms with Gasteiger partial charge in [-0.05, 0) is 109 Å². The van der Waals surface area contributed by atoms with Gasteiger partial charge in [-0.15, -0.1) is 0 Å². The Morgan fingerprint density at radius 3 is 0.953 bits per heavy atom. The summed E-state index contributed by atoms with van der Waals surface area (Å²) >= 11 is 38.8. The first-order chi connectivity index (χ1) is 20.1. The van der Waals surface area contributed by atoms with E-state index in [0.29, 0.717) is 26.4 Å². The van der Waals surface area contributed by atoms with Gasteiger partial charge in [0.15, 0.2) is 0 Å². The maximum atomic E-state index is 5.72. The Morgan fingerprint density at radius 1 is 0.465 bits per heavy atom. The maximum Gasteiger partial charge on any atom is 0.228 e. The molecule has 6 N–H and O–H groups in total. The van der Waals surface area contributed by atoms with E-state index in [4.69, 9.17) is 102 Å². The molecule has 0 aliphatic heterocycles. The van der Waals surface area contributed by atoms with Crippen molar-refractivity contribution in [3.05, 3.63) is 37.0 Å². The molecule has 0 radical (unpaired) electrons. The largest absolute Gasteiger partial charge is 0.378 e. The number of halogens is 7. The van der Waals surface area contributed by atoms with Gasteiger partial charge in [-0.1, -0.05) is 0 Å². The summed E-state index contributed by atoms with van der Waals surface area (Å²) in [5, 5.41) is 6.10. The van der Waals surface area contributed by atoms with Gasteiger partial charge in [0.2, 0.25) is 48.9 Å². The predicted molar refractivity (Wildman–Crippen MR) is 170 cm³/mol. The Balaban J connectivity index is 0.000000418. The van der Waals surface area contributed by atoms with Crippen molar-refractivity contribution in [2.24, 2.45) is 11.5 Å². The molecule has 3 aromatic heterocycles. The van der Waals surface area contributed by atoms with Crippen molar-refractivity contribution in [2.45, 2.75) is 51.9 Å². The second-order valence-corrected chi connectivity index (χ2v) is 11.0. The van der Waals surface area contributed by atoms with Crippen LogP contribution in [-0.4, -0.2) is 95.5 Å². The summed E-state index contributed by atoms with van der Waals surface area (Å²) in [5.41, 5.74) is 10.8. The van der Waals surface area contributed by atoms with E-state index in [1.54, 1.807) is 0 Å². The van der Waals surface area contributed by atoms with E-state index in [1.807, 2.05) is 27.7 Å². The van der Waals surface area contributed by atoms with Gasteiger partial charge >= 0.3 is 0 Å². The zero-order chi connectivity index (χ0) is 32.5. The van der Waals surface area contributed by atoms with Crippen LogP contribution in [0.5, 0.6) is 0 Å². The summed E-state index contributed by atoms with van der Waals surface area (Å²) in [4.78, 5) is 33.4. The van der Waals surface area contributed by atoms with Gasteiger partial charge in [0.1, 0.15) is 0 Å². The van der Waals surface area contributed by atoms with Crippen LogP contribution in [0.3, 0.4) is 0 Å². The number of rotatable bonds is 12. The van der Waals surface area contributed by atoms with Crippen molar-refractivity contribution in [1.29, 1.82) is 0 Å². The molecule has 4 unspecified atom stereocenters. The number of aromatic nitrogens is 9. The van der Waals surface area contributed by atoms with E-state index >= 15 is 0 Å². The molecule has 0 saturated carbocycles. The quantitative estimate of drug-likeness (QED) is 0.201. The van der Waals surface area contributed by atoms with Gasteiger partial charge in [-0.2, -0.15) is 44.9 Å². The molecule has 0 spiro atoms. The molecule has 43 heavy (non-hydrogen) atoms. The van der Waals surface area contributed by atoms with E-state index in [-0.39, 0.29) is 73.0 Å². The SMILES string of the molecule is CC(COCC(C)Nc1nc(Cl)nc(Cl)n1)Nc1nc(Cl)nc(Cl)n1.CC(N)COCC(C)N.Clc1nc(Cl)nc(Cl)n1. The van der Waals surface area contributed by atoms with Crippen LogP contribution in [0.25, 0.3) is 0 Å². The Morgan fingerprint density at radius 2 is 0.698 bits per heavy atom. The van der Waals surface area contributed by atoms with Crippen molar-refractivity contribution in [1.82, 2.24) is 44.9 Å². The van der Waals surface area contributed by atoms with Crippen LogP contribution in [0.4, 0.5) is 11.9 Å². The number of anilines is 2. The molecule has 0 aliphatic rings. The van der Waals surface area contributed by atoms with Crippen molar-refractivity contribution >= 4 is 93.1 Å². The molecular formula is C21H30Cl7N13O2. The van der Waals surface area contributed by atoms with Gasteiger partial charge in [-0.3, -0.25) is 0 Å². The maximum absolute atomic E-state index is 5.72. The van der Waals surface area contributed by atoms with Crippen LogP contribution in [-0.2, 0) is 9.47 Å². The monoisotopic (exact) mass is 741 g/mol. The van der Waals surface area contributed by atoms with Gasteiger partial charge in [-0.25, -0.2) is 0 Å². The standard InChI is InChI=1S/C12H14Cl4N8O.C6H16N2O.C3Cl3N3/c1-5(17-11-21-7(13)19-8(14)22-11)3-25-4-6(2)18-12-23-9(15)20-10(16)24-12;1-5(7)3-9-4-6(2)8;4-1-7-2(5)9-3(6)8-1/h5-6H,3-4H2,1-2H3,(H,17,19,21,22)(H,18,20,23,24);5-6H,3-4,7-8H2,1-2H3;. The third-order valence-corrected chi connectivity index (χ3v) is 5.15. The first-order valence-corrected chi connectivity index (χ1v) is 14.8. The summed E-state index contributed by atoms with van der Waals surface area (Å²) in [6.45, 7) is 9.59. The van der Waals surface area contributed by atoms with E-state index in [2.05, 4.69) is 55.5 Å². The molecular weight excluding hydrogens is 714 g/mol. The molecule has 240 valence electrons. The summed E-state index contributed by atoms with van der Waals surface area (Å²) in [6, 6.07) is 0.0677. The number of nitrogens with one attached hydrogen (secondary N) is 2. The first-order valence-electron chi connectivity index (χ1n) is 12.2. The lowest BCUT2D eigenvalue weighted by atomic mass is 10.3. The highest BCUT2D eigenvalue weighted by molar-refractivity contribution is 6.33. The Kier molecular flexibility index (Phi) is 19.6.